The standard InChI is InChI=1S/C23H24BrN3O/c1-15-9-16(2)27(26-15)14-18-6-3-5-17(10-18)13-25-23(28)22-12-21(22)19-7-4-8-20(24)11-19/h3-11,21-22H,12-14H2,1-2H3,(H,25,28). The van der Waals surface area contributed by atoms with Crippen LogP contribution in [0.3, 0.4) is 0 Å². The summed E-state index contributed by atoms with van der Waals surface area (Å²) >= 11 is 3.51. The lowest BCUT2D eigenvalue weighted by atomic mass is 10.1. The van der Waals surface area contributed by atoms with E-state index in [1.54, 1.807) is 0 Å². The monoisotopic (exact) mass is 437 g/mol. The lowest BCUT2D eigenvalue weighted by Crippen LogP contribution is -2.25. The number of aryl methyl sites for hydroxylation is 2. The molecule has 0 spiro atoms. The van der Waals surface area contributed by atoms with Crippen molar-refractivity contribution in [3.63, 3.8) is 0 Å². The van der Waals surface area contributed by atoms with Crippen LogP contribution < -0.4 is 5.32 Å². The van der Waals surface area contributed by atoms with Gasteiger partial charge in [0.15, 0.2) is 0 Å². The summed E-state index contributed by atoms with van der Waals surface area (Å²) in [5, 5.41) is 7.64. The second kappa shape index (κ2) is 7.92. The third-order valence-corrected chi connectivity index (χ3v) is 5.79. The molecule has 1 aliphatic carbocycles. The van der Waals surface area contributed by atoms with Crippen LogP contribution in [0.25, 0.3) is 0 Å². The van der Waals surface area contributed by atoms with E-state index in [9.17, 15) is 4.79 Å². The van der Waals surface area contributed by atoms with E-state index in [0.29, 0.717) is 12.5 Å². The zero-order chi connectivity index (χ0) is 19.7. The maximum atomic E-state index is 12.5. The van der Waals surface area contributed by atoms with Gasteiger partial charge in [-0.1, -0.05) is 52.3 Å². The van der Waals surface area contributed by atoms with Gasteiger partial charge in [0.1, 0.15) is 0 Å². The molecule has 144 valence electrons. The van der Waals surface area contributed by atoms with Crippen LogP contribution >= 0.6 is 15.9 Å². The van der Waals surface area contributed by atoms with Crippen LogP contribution in [-0.4, -0.2) is 15.7 Å². The van der Waals surface area contributed by atoms with Crippen molar-refractivity contribution in [3.8, 4) is 0 Å². The smallest absolute Gasteiger partial charge is 0.224 e. The molecule has 1 aromatic heterocycles. The third kappa shape index (κ3) is 4.36. The van der Waals surface area contributed by atoms with Gasteiger partial charge in [0.05, 0.1) is 12.2 Å². The molecule has 4 nitrogen and oxygen atoms in total. The highest BCUT2D eigenvalue weighted by molar-refractivity contribution is 9.10. The lowest BCUT2D eigenvalue weighted by molar-refractivity contribution is -0.122. The van der Waals surface area contributed by atoms with Crippen LogP contribution in [0.4, 0.5) is 0 Å². The summed E-state index contributed by atoms with van der Waals surface area (Å²) in [4.78, 5) is 12.5. The molecule has 2 aromatic carbocycles. The van der Waals surface area contributed by atoms with E-state index in [-0.39, 0.29) is 11.8 Å². The molecule has 2 atom stereocenters. The van der Waals surface area contributed by atoms with E-state index in [1.165, 1.54) is 11.1 Å². The van der Waals surface area contributed by atoms with Crippen molar-refractivity contribution in [3.05, 3.63) is 87.1 Å². The fraction of sp³-hybridized carbons (Fsp3) is 0.304. The molecule has 0 radical (unpaired) electrons. The molecule has 4 rings (SSSR count). The van der Waals surface area contributed by atoms with Gasteiger partial charge in [-0.15, -0.1) is 0 Å². The van der Waals surface area contributed by atoms with Crippen molar-refractivity contribution in [2.75, 3.05) is 0 Å². The van der Waals surface area contributed by atoms with Gasteiger partial charge in [-0.2, -0.15) is 5.10 Å². The minimum Gasteiger partial charge on any atom is -0.352 e. The van der Waals surface area contributed by atoms with E-state index in [4.69, 9.17) is 0 Å². The highest BCUT2D eigenvalue weighted by Gasteiger charge is 2.43. The summed E-state index contributed by atoms with van der Waals surface area (Å²) in [5.41, 5.74) is 5.73. The largest absolute Gasteiger partial charge is 0.352 e. The Morgan fingerprint density at radius 2 is 1.93 bits per heavy atom. The molecule has 28 heavy (non-hydrogen) atoms. The van der Waals surface area contributed by atoms with Gasteiger partial charge in [-0.25, -0.2) is 0 Å². The molecule has 0 aliphatic heterocycles. The Balaban J connectivity index is 1.34. The molecule has 3 aromatic rings. The number of nitrogens with zero attached hydrogens (tertiary/aromatic N) is 2. The number of amides is 1. The Labute approximate surface area is 174 Å². The average molecular weight is 438 g/mol. The predicted octanol–water partition coefficient (Wildman–Crippen LogP) is 4.73. The zero-order valence-electron chi connectivity index (χ0n) is 16.2. The van der Waals surface area contributed by atoms with Gasteiger partial charge < -0.3 is 5.32 Å². The Bertz CT molecular complexity index is 1010. The van der Waals surface area contributed by atoms with Crippen LogP contribution in [0.1, 0.15) is 40.4 Å². The molecule has 1 fully saturated rings. The highest BCUT2D eigenvalue weighted by Crippen LogP contribution is 2.47. The molecule has 1 amide bonds. The number of carbonyl (C=O) groups is 1. The highest BCUT2D eigenvalue weighted by atomic mass is 79.9. The minimum absolute atomic E-state index is 0.0900. The van der Waals surface area contributed by atoms with Gasteiger partial charge in [-0.05, 0) is 61.1 Å². The van der Waals surface area contributed by atoms with Crippen LogP contribution in [0.5, 0.6) is 0 Å². The van der Waals surface area contributed by atoms with Crippen LogP contribution in [-0.2, 0) is 17.9 Å². The minimum atomic E-state index is 0.0900. The predicted molar refractivity (Wildman–Crippen MR) is 114 cm³/mol. The third-order valence-electron chi connectivity index (χ3n) is 5.30. The van der Waals surface area contributed by atoms with Crippen molar-refractivity contribution in [1.29, 1.82) is 0 Å². The normalized spacial score (nSPS) is 18.1. The molecule has 5 heteroatoms. The van der Waals surface area contributed by atoms with E-state index in [2.05, 4.69) is 69.7 Å². The molecule has 2 unspecified atom stereocenters. The molecule has 1 saturated carbocycles. The first-order chi connectivity index (χ1) is 13.5. The fourth-order valence-electron chi connectivity index (χ4n) is 3.76. The number of hydrogen-bond donors (Lipinski definition) is 1. The first-order valence-corrected chi connectivity index (χ1v) is 10.4. The maximum Gasteiger partial charge on any atom is 0.224 e. The van der Waals surface area contributed by atoms with E-state index in [1.807, 2.05) is 29.8 Å². The number of benzene rings is 2. The molecular formula is C23H24BrN3O. The SMILES string of the molecule is Cc1cc(C)n(Cc2cccc(CNC(=O)C3CC3c3cccc(Br)c3)c2)n1. The van der Waals surface area contributed by atoms with Crippen molar-refractivity contribution in [2.24, 2.45) is 5.92 Å². The Kier molecular flexibility index (Phi) is 5.36. The number of rotatable bonds is 6. The van der Waals surface area contributed by atoms with E-state index >= 15 is 0 Å². The summed E-state index contributed by atoms with van der Waals surface area (Å²) in [6, 6.07) is 18.7. The Morgan fingerprint density at radius 1 is 1.14 bits per heavy atom. The molecular weight excluding hydrogens is 414 g/mol. The van der Waals surface area contributed by atoms with Gasteiger partial charge in [0, 0.05) is 22.6 Å². The molecule has 1 heterocycles. The van der Waals surface area contributed by atoms with Crippen molar-refractivity contribution in [1.82, 2.24) is 15.1 Å². The number of halogens is 1. The van der Waals surface area contributed by atoms with Gasteiger partial charge >= 0.3 is 0 Å². The lowest BCUT2D eigenvalue weighted by Gasteiger charge is -2.09. The topological polar surface area (TPSA) is 46.9 Å². The second-order valence-electron chi connectivity index (χ2n) is 7.63. The first-order valence-electron chi connectivity index (χ1n) is 9.61. The van der Waals surface area contributed by atoms with Crippen LogP contribution in [0, 0.1) is 19.8 Å². The van der Waals surface area contributed by atoms with Crippen LogP contribution in [0.15, 0.2) is 59.1 Å². The molecule has 0 saturated heterocycles. The van der Waals surface area contributed by atoms with E-state index in [0.717, 1.165) is 34.4 Å². The summed E-state index contributed by atoms with van der Waals surface area (Å²) in [6.45, 7) is 5.39. The second-order valence-corrected chi connectivity index (χ2v) is 8.54. The number of hydrogen-bond acceptors (Lipinski definition) is 2. The van der Waals surface area contributed by atoms with Crippen LogP contribution in [0.2, 0.25) is 0 Å². The van der Waals surface area contributed by atoms with Gasteiger partial charge in [0.25, 0.3) is 0 Å². The number of nitrogens with one attached hydrogen (secondary N) is 1. The van der Waals surface area contributed by atoms with Crippen molar-refractivity contribution < 1.29 is 4.79 Å². The van der Waals surface area contributed by atoms with Crippen molar-refractivity contribution in [2.45, 2.75) is 39.3 Å². The average Bonchev–Trinajstić information content (AvgIpc) is 3.41. The maximum absolute atomic E-state index is 12.5. The number of aromatic nitrogens is 2. The summed E-state index contributed by atoms with van der Waals surface area (Å²) in [7, 11) is 0. The fourth-order valence-corrected chi connectivity index (χ4v) is 4.17. The molecule has 1 aliphatic rings. The van der Waals surface area contributed by atoms with E-state index < -0.39 is 0 Å². The molecule has 1 N–H and O–H groups in total. The Morgan fingerprint density at radius 3 is 2.68 bits per heavy atom. The van der Waals surface area contributed by atoms with Gasteiger partial charge in [-0.3, -0.25) is 9.48 Å². The number of carbonyl (C=O) groups excluding carboxylic acids is 1. The van der Waals surface area contributed by atoms with Gasteiger partial charge in [0.2, 0.25) is 5.91 Å². The molecule has 0 bridgehead atoms. The zero-order valence-corrected chi connectivity index (χ0v) is 17.7. The summed E-state index contributed by atoms with van der Waals surface area (Å²) < 4.78 is 3.08. The van der Waals surface area contributed by atoms with Crippen molar-refractivity contribution >= 4 is 21.8 Å². The first kappa shape index (κ1) is 18.9. The summed E-state index contributed by atoms with van der Waals surface area (Å²) in [5.74, 6) is 0.580. The Hall–Kier alpha value is -2.40. The summed E-state index contributed by atoms with van der Waals surface area (Å²) in [6.07, 6.45) is 0.931. The quantitative estimate of drug-likeness (QED) is 0.605.